The third-order valence-corrected chi connectivity index (χ3v) is 7.39. The summed E-state index contributed by atoms with van der Waals surface area (Å²) in [4.78, 5) is 51.7. The van der Waals surface area contributed by atoms with Gasteiger partial charge < -0.3 is 29.7 Å². The molecule has 0 spiro atoms. The Morgan fingerprint density at radius 3 is 2.39 bits per heavy atom. The molecule has 1 aliphatic rings. The molecule has 14 heteroatoms. The predicted octanol–water partition coefficient (Wildman–Crippen LogP) is 4.09. The van der Waals surface area contributed by atoms with Crippen LogP contribution in [0.5, 0.6) is 5.75 Å². The second-order valence-electron chi connectivity index (χ2n) is 10.9. The largest absolute Gasteiger partial charge is 0.482 e. The number of hydrogen-bond donors (Lipinski definition) is 2. The van der Waals surface area contributed by atoms with Gasteiger partial charge in [0.05, 0.1) is 6.61 Å². The first-order valence-electron chi connectivity index (χ1n) is 13.9. The molecule has 2 aromatic carbocycles. The van der Waals surface area contributed by atoms with Crippen LogP contribution in [0.15, 0.2) is 36.4 Å². The maximum Gasteiger partial charge on any atom is 0.407 e. The Kier molecular flexibility index (Phi) is 12.3. The Hall–Kier alpha value is -3.94. The summed E-state index contributed by atoms with van der Waals surface area (Å²) >= 11 is 1.26. The van der Waals surface area contributed by atoms with Gasteiger partial charge in [-0.25, -0.2) is 22.8 Å². The summed E-state index contributed by atoms with van der Waals surface area (Å²) in [5.41, 5.74) is -0.352. The lowest BCUT2D eigenvalue weighted by molar-refractivity contribution is -0.145. The number of benzene rings is 2. The number of nitrogens with one attached hydrogen (secondary N) is 2. The minimum absolute atomic E-state index is 0.161. The average molecular weight is 640 g/mol. The molecule has 3 rings (SSSR count). The summed E-state index contributed by atoms with van der Waals surface area (Å²) in [5, 5.41) is 4.47. The lowest BCUT2D eigenvalue weighted by Gasteiger charge is -2.27. The summed E-state index contributed by atoms with van der Waals surface area (Å²) in [7, 11) is 0. The van der Waals surface area contributed by atoms with Gasteiger partial charge in [0.15, 0.2) is 23.6 Å². The van der Waals surface area contributed by atoms with Crippen molar-refractivity contribution in [3.8, 4) is 5.75 Å². The van der Waals surface area contributed by atoms with E-state index < -0.39 is 58.3 Å². The smallest absolute Gasteiger partial charge is 0.407 e. The minimum Gasteiger partial charge on any atom is -0.482 e. The quantitative estimate of drug-likeness (QED) is 0.263. The highest BCUT2D eigenvalue weighted by atomic mass is 32.2. The fraction of sp³-hybridized carbons (Fsp3) is 0.467. The molecule has 0 saturated carbocycles. The molecular weight excluding hydrogens is 603 g/mol. The Labute approximate surface area is 258 Å². The van der Waals surface area contributed by atoms with Crippen molar-refractivity contribution < 1.29 is 46.6 Å². The van der Waals surface area contributed by atoms with Crippen LogP contribution >= 0.6 is 11.8 Å². The molecule has 2 aromatic rings. The Morgan fingerprint density at radius 1 is 1.05 bits per heavy atom. The van der Waals surface area contributed by atoms with Crippen molar-refractivity contribution in [2.45, 2.75) is 64.1 Å². The summed E-state index contributed by atoms with van der Waals surface area (Å²) < 4.78 is 57.2. The molecule has 0 radical (unpaired) electrons. The highest BCUT2D eigenvalue weighted by molar-refractivity contribution is 8.00. The first kappa shape index (κ1) is 34.5. The average Bonchev–Trinajstić information content (AvgIpc) is 3.44. The molecule has 1 saturated heterocycles. The third-order valence-electron chi connectivity index (χ3n) is 6.19. The van der Waals surface area contributed by atoms with Crippen LogP contribution in [-0.2, 0) is 36.8 Å². The minimum atomic E-state index is -1.36. The number of hydrogen-bond acceptors (Lipinski definition) is 8. The number of nitrogens with zero attached hydrogens (tertiary/aromatic N) is 1. The van der Waals surface area contributed by atoms with Crippen LogP contribution in [0, 0.1) is 17.5 Å². The maximum atomic E-state index is 14.4. The summed E-state index contributed by atoms with van der Waals surface area (Å²) in [6.07, 6.45) is -1.55. The van der Waals surface area contributed by atoms with E-state index in [1.54, 1.807) is 52.0 Å². The number of carbonyl (C=O) groups is 4. The maximum absolute atomic E-state index is 14.4. The normalized spacial score (nSPS) is 15.3. The Bertz CT molecular complexity index is 1340. The molecule has 1 aliphatic heterocycles. The molecule has 2 atom stereocenters. The molecule has 3 amide bonds. The van der Waals surface area contributed by atoms with Crippen LogP contribution in [0.25, 0.3) is 0 Å². The zero-order valence-corrected chi connectivity index (χ0v) is 25.7. The van der Waals surface area contributed by atoms with Gasteiger partial charge >= 0.3 is 12.1 Å². The van der Waals surface area contributed by atoms with Crippen molar-refractivity contribution in [1.29, 1.82) is 0 Å². The molecule has 1 unspecified atom stereocenters. The predicted molar refractivity (Wildman–Crippen MR) is 156 cm³/mol. The fourth-order valence-corrected chi connectivity index (χ4v) is 5.39. The number of rotatable bonds is 12. The van der Waals surface area contributed by atoms with Gasteiger partial charge in [0.1, 0.15) is 17.2 Å². The van der Waals surface area contributed by atoms with Crippen LogP contribution in [0.3, 0.4) is 0 Å². The van der Waals surface area contributed by atoms with Gasteiger partial charge in [0, 0.05) is 37.4 Å². The van der Waals surface area contributed by atoms with E-state index in [2.05, 4.69) is 10.6 Å². The van der Waals surface area contributed by atoms with E-state index in [9.17, 15) is 32.3 Å². The summed E-state index contributed by atoms with van der Waals surface area (Å²) in [6, 6.07) is 6.77. The highest BCUT2D eigenvalue weighted by Crippen LogP contribution is 2.26. The number of thioether (sulfide) groups is 1. The van der Waals surface area contributed by atoms with E-state index in [0.717, 1.165) is 5.56 Å². The monoisotopic (exact) mass is 639 g/mol. The number of halogens is 3. The Morgan fingerprint density at radius 2 is 1.73 bits per heavy atom. The standard InChI is InChI=1S/C30H36F3N3O7S/c1-5-41-26(38)17-42-21-8-6-18(7-9-21)16-34-27(39)28-36(10-11-44-28)25(37)14-20(35-29(40)43-30(2,3)4)12-19-13-23(32)24(33)15-22(19)31/h6-9,13,15,20,28H,5,10-12,14,16-17H2,1-4H3,(H,34,39)(H,35,40)/t20?,28-/m1/s1. The zero-order chi connectivity index (χ0) is 32.4. The SMILES string of the molecule is CCOC(=O)COc1ccc(CNC(=O)[C@H]2SCCN2C(=O)CC(Cc2cc(F)c(F)cc2F)NC(=O)OC(C)(C)C)cc1. The molecule has 44 heavy (non-hydrogen) atoms. The van der Waals surface area contributed by atoms with E-state index in [0.29, 0.717) is 23.6 Å². The van der Waals surface area contributed by atoms with Crippen LogP contribution in [0.4, 0.5) is 18.0 Å². The van der Waals surface area contributed by atoms with Gasteiger partial charge in [-0.1, -0.05) is 12.1 Å². The van der Waals surface area contributed by atoms with E-state index in [-0.39, 0.29) is 44.7 Å². The number of alkyl carbamates (subject to hydrolysis) is 1. The number of ether oxygens (including phenoxy) is 3. The lowest BCUT2D eigenvalue weighted by Crippen LogP contribution is -2.48. The fourth-order valence-electron chi connectivity index (χ4n) is 4.23. The van der Waals surface area contributed by atoms with E-state index in [4.69, 9.17) is 14.2 Å². The second kappa shape index (κ2) is 15.7. The molecule has 0 bridgehead atoms. The van der Waals surface area contributed by atoms with Gasteiger partial charge in [0.25, 0.3) is 5.91 Å². The van der Waals surface area contributed by atoms with Gasteiger partial charge in [-0.3, -0.25) is 9.59 Å². The molecule has 10 nitrogen and oxygen atoms in total. The van der Waals surface area contributed by atoms with Gasteiger partial charge in [-0.2, -0.15) is 0 Å². The zero-order valence-electron chi connectivity index (χ0n) is 24.9. The molecular formula is C30H36F3N3O7S. The van der Waals surface area contributed by atoms with E-state index >= 15 is 0 Å². The van der Waals surface area contributed by atoms with Gasteiger partial charge in [0.2, 0.25) is 5.91 Å². The molecule has 2 N–H and O–H groups in total. The van der Waals surface area contributed by atoms with Crippen molar-refractivity contribution in [2.75, 3.05) is 25.5 Å². The molecule has 0 aliphatic carbocycles. The van der Waals surface area contributed by atoms with Crippen molar-refractivity contribution in [2.24, 2.45) is 0 Å². The first-order valence-corrected chi connectivity index (χ1v) is 15.0. The van der Waals surface area contributed by atoms with E-state index in [1.807, 2.05) is 0 Å². The third kappa shape index (κ3) is 10.6. The Balaban J connectivity index is 1.63. The second-order valence-corrected chi connectivity index (χ2v) is 12.1. The van der Waals surface area contributed by atoms with Crippen molar-refractivity contribution in [1.82, 2.24) is 15.5 Å². The van der Waals surface area contributed by atoms with Crippen molar-refractivity contribution in [3.63, 3.8) is 0 Å². The summed E-state index contributed by atoms with van der Waals surface area (Å²) in [6.45, 7) is 7.06. The molecule has 1 fully saturated rings. The first-order chi connectivity index (χ1) is 20.8. The van der Waals surface area contributed by atoms with Crippen LogP contribution < -0.4 is 15.4 Å². The summed E-state index contributed by atoms with van der Waals surface area (Å²) in [5.74, 6) is -4.11. The van der Waals surface area contributed by atoms with Crippen LogP contribution in [0.2, 0.25) is 0 Å². The molecule has 1 heterocycles. The molecule has 0 aromatic heterocycles. The lowest BCUT2D eigenvalue weighted by atomic mass is 10.0. The highest BCUT2D eigenvalue weighted by Gasteiger charge is 2.36. The van der Waals surface area contributed by atoms with Crippen LogP contribution in [-0.4, -0.2) is 71.3 Å². The number of carbonyl (C=O) groups excluding carboxylic acids is 4. The number of esters is 1. The van der Waals surface area contributed by atoms with E-state index in [1.165, 1.54) is 16.7 Å². The molecule has 240 valence electrons. The topological polar surface area (TPSA) is 123 Å². The van der Waals surface area contributed by atoms with Crippen molar-refractivity contribution >= 4 is 35.6 Å². The van der Waals surface area contributed by atoms with Gasteiger partial charge in [-0.15, -0.1) is 11.8 Å². The van der Waals surface area contributed by atoms with Crippen LogP contribution in [0.1, 0.15) is 45.2 Å². The van der Waals surface area contributed by atoms with Gasteiger partial charge in [-0.05, 0) is 63.4 Å². The van der Waals surface area contributed by atoms with Crippen molar-refractivity contribution in [3.05, 3.63) is 65.0 Å². The number of amides is 3.